The number of benzene rings is 1. The molecule has 1 aromatic carbocycles. The van der Waals surface area contributed by atoms with Crippen molar-refractivity contribution in [1.82, 2.24) is 0 Å². The van der Waals surface area contributed by atoms with Gasteiger partial charge in [-0.05, 0) is 60.3 Å². The first kappa shape index (κ1) is 25.4. The second-order valence-electron chi connectivity index (χ2n) is 9.58. The Bertz CT molecular complexity index is 1210. The van der Waals surface area contributed by atoms with Gasteiger partial charge in [-0.2, -0.15) is 0 Å². The topological polar surface area (TPSA) is 117 Å². The summed E-state index contributed by atoms with van der Waals surface area (Å²) in [5.41, 5.74) is 0.718. The highest BCUT2D eigenvalue weighted by molar-refractivity contribution is 6.01. The summed E-state index contributed by atoms with van der Waals surface area (Å²) in [4.78, 5) is 25.0. The first-order chi connectivity index (χ1) is 15.9. The van der Waals surface area contributed by atoms with Crippen LogP contribution in [0.25, 0.3) is 0 Å². The van der Waals surface area contributed by atoms with Crippen molar-refractivity contribution in [2.75, 3.05) is 0 Å². The maximum Gasteiger partial charge on any atom is 0.343 e. The lowest BCUT2D eigenvalue weighted by Crippen LogP contribution is -2.37. The van der Waals surface area contributed by atoms with Crippen molar-refractivity contribution in [2.45, 2.75) is 85.7 Å². The highest BCUT2D eigenvalue weighted by atomic mass is 16.5. The van der Waals surface area contributed by atoms with E-state index in [9.17, 15) is 24.9 Å². The third-order valence-electron chi connectivity index (χ3n) is 6.62. The van der Waals surface area contributed by atoms with Gasteiger partial charge in [0.1, 0.15) is 39.9 Å². The molecule has 2 heterocycles. The minimum atomic E-state index is -0.715. The van der Waals surface area contributed by atoms with Crippen LogP contribution in [0, 0.1) is 6.92 Å². The lowest BCUT2D eigenvalue weighted by Gasteiger charge is -2.37. The van der Waals surface area contributed by atoms with E-state index in [4.69, 9.17) is 9.15 Å². The predicted octanol–water partition coefficient (Wildman–Crippen LogP) is 5.25. The summed E-state index contributed by atoms with van der Waals surface area (Å²) in [6, 6.07) is 0. The number of carbonyl (C=O) groups excluding carboxylic acids is 1. The molecule has 1 aliphatic rings. The van der Waals surface area contributed by atoms with Crippen LogP contribution in [0.4, 0.5) is 0 Å². The fourth-order valence-corrected chi connectivity index (χ4v) is 4.57. The lowest BCUT2D eigenvalue weighted by atomic mass is 9.84. The fourth-order valence-electron chi connectivity index (χ4n) is 4.57. The van der Waals surface area contributed by atoms with Gasteiger partial charge in [0.15, 0.2) is 5.78 Å². The monoisotopic (exact) mass is 470 g/mol. The van der Waals surface area contributed by atoms with Gasteiger partial charge in [0.05, 0.1) is 5.56 Å². The Hall–Kier alpha value is -3.22. The average Bonchev–Trinajstić information content (AvgIpc) is 2.75. The smallest absolute Gasteiger partial charge is 0.343 e. The average molecular weight is 471 g/mol. The van der Waals surface area contributed by atoms with Gasteiger partial charge < -0.3 is 24.5 Å². The molecule has 1 aliphatic heterocycles. The Morgan fingerprint density at radius 3 is 2.35 bits per heavy atom. The zero-order chi connectivity index (χ0) is 25.4. The van der Waals surface area contributed by atoms with E-state index >= 15 is 0 Å². The molecule has 2 aromatic rings. The van der Waals surface area contributed by atoms with Gasteiger partial charge in [0.2, 0.25) is 0 Å². The summed E-state index contributed by atoms with van der Waals surface area (Å²) in [6.45, 7) is 10.8. The van der Waals surface area contributed by atoms with Crippen LogP contribution in [0.3, 0.4) is 0 Å². The highest BCUT2D eigenvalue weighted by Gasteiger charge is 2.37. The Balaban J connectivity index is 2.18. The number of aromatic hydroxyl groups is 3. The van der Waals surface area contributed by atoms with Crippen LogP contribution in [0.15, 0.2) is 20.9 Å². The summed E-state index contributed by atoms with van der Waals surface area (Å²) in [5.74, 6) is -0.833. The van der Waals surface area contributed by atoms with Crippen LogP contribution >= 0.6 is 0 Å². The zero-order valence-electron chi connectivity index (χ0n) is 20.8. The Morgan fingerprint density at radius 1 is 1.09 bits per heavy atom. The fraction of sp³-hybridized carbons (Fsp3) is 0.481. The lowest BCUT2D eigenvalue weighted by molar-refractivity contribution is 0.0548. The molecule has 3 rings (SSSR count). The normalized spacial score (nSPS) is 17.1. The number of phenolic OH excluding ortho intramolecular Hbond substituents is 2. The number of ether oxygens (including phenoxy) is 1. The number of Topliss-reactive ketones (excluding diaryl/α,β-unsaturated/α-hetero) is 1. The van der Waals surface area contributed by atoms with Crippen LogP contribution in [0.1, 0.15) is 92.3 Å². The third-order valence-corrected chi connectivity index (χ3v) is 6.62. The van der Waals surface area contributed by atoms with Crippen molar-refractivity contribution in [2.24, 2.45) is 0 Å². The molecule has 1 unspecified atom stereocenters. The molecule has 1 aromatic heterocycles. The van der Waals surface area contributed by atoms with Crippen molar-refractivity contribution < 1.29 is 29.3 Å². The number of rotatable bonds is 7. The summed E-state index contributed by atoms with van der Waals surface area (Å²) >= 11 is 0. The predicted molar refractivity (Wildman–Crippen MR) is 129 cm³/mol. The number of ketones is 1. The van der Waals surface area contributed by atoms with Gasteiger partial charge in [-0.15, -0.1) is 0 Å². The molecule has 7 nitrogen and oxygen atoms in total. The molecular formula is C27H34O7. The van der Waals surface area contributed by atoms with E-state index < -0.39 is 22.8 Å². The van der Waals surface area contributed by atoms with Crippen LogP contribution in [0.5, 0.6) is 23.0 Å². The molecule has 7 heteroatoms. The van der Waals surface area contributed by atoms with Gasteiger partial charge in [-0.3, -0.25) is 4.79 Å². The number of allylic oxidation sites excluding steroid dienone is 2. The molecule has 0 spiro atoms. The molecule has 34 heavy (non-hydrogen) atoms. The van der Waals surface area contributed by atoms with Crippen molar-refractivity contribution in [1.29, 1.82) is 0 Å². The second-order valence-corrected chi connectivity index (χ2v) is 9.58. The zero-order valence-corrected chi connectivity index (χ0v) is 20.8. The van der Waals surface area contributed by atoms with E-state index in [1.165, 1.54) is 12.5 Å². The first-order valence-corrected chi connectivity index (χ1v) is 11.7. The van der Waals surface area contributed by atoms with Crippen LogP contribution < -0.4 is 10.4 Å². The van der Waals surface area contributed by atoms with Gasteiger partial charge in [-0.1, -0.05) is 18.6 Å². The van der Waals surface area contributed by atoms with Gasteiger partial charge in [0.25, 0.3) is 0 Å². The first-order valence-electron chi connectivity index (χ1n) is 11.7. The van der Waals surface area contributed by atoms with Crippen LogP contribution in [-0.2, 0) is 19.3 Å². The number of carbonyl (C=O) groups is 1. The third kappa shape index (κ3) is 4.69. The molecule has 0 amide bonds. The van der Waals surface area contributed by atoms with Gasteiger partial charge in [0, 0.05) is 29.5 Å². The molecule has 0 bridgehead atoms. The van der Waals surface area contributed by atoms with Gasteiger partial charge >= 0.3 is 5.63 Å². The van der Waals surface area contributed by atoms with Gasteiger partial charge in [-0.25, -0.2) is 4.79 Å². The molecular weight excluding hydrogens is 436 g/mol. The second kappa shape index (κ2) is 9.57. The van der Waals surface area contributed by atoms with Crippen molar-refractivity contribution in [3.05, 3.63) is 55.6 Å². The number of phenols is 2. The summed E-state index contributed by atoms with van der Waals surface area (Å²) in [5, 5.41) is 32.6. The SMILES string of the molecule is CCc1oc(=O)c(Cc2c(O)c(C(C)=O)c(O)c3c2OC(C)(CCC=C(C)C)CC3)c(O)c1C. The largest absolute Gasteiger partial charge is 0.507 e. The Kier molecular flexibility index (Phi) is 7.15. The van der Waals surface area contributed by atoms with E-state index in [-0.39, 0.29) is 40.4 Å². The van der Waals surface area contributed by atoms with Crippen LogP contribution in [-0.4, -0.2) is 26.7 Å². The highest BCUT2D eigenvalue weighted by Crippen LogP contribution is 2.49. The minimum Gasteiger partial charge on any atom is -0.507 e. The summed E-state index contributed by atoms with van der Waals surface area (Å²) in [6.07, 6.45) is 4.92. The standard InChI is InChI=1S/C27H34O7/c1-7-20-15(4)22(29)19(26(32)33-20)13-18-24(31)21(16(5)28)23(30)17-10-12-27(6,34-25(17)18)11-8-9-14(2)3/h9,29-31H,7-8,10-13H2,1-6H3. The number of hydrogen-bond donors (Lipinski definition) is 3. The summed E-state index contributed by atoms with van der Waals surface area (Å²) < 4.78 is 11.8. The number of fused-ring (bicyclic) bond motifs is 1. The van der Waals surface area contributed by atoms with Crippen molar-refractivity contribution in [3.63, 3.8) is 0 Å². The van der Waals surface area contributed by atoms with E-state index in [1.54, 1.807) is 6.92 Å². The van der Waals surface area contributed by atoms with Crippen molar-refractivity contribution in [3.8, 4) is 23.0 Å². The van der Waals surface area contributed by atoms with E-state index in [1.807, 2.05) is 27.7 Å². The van der Waals surface area contributed by atoms with Crippen LogP contribution in [0.2, 0.25) is 0 Å². The van der Waals surface area contributed by atoms with E-state index in [2.05, 4.69) is 6.08 Å². The molecule has 0 radical (unpaired) electrons. The molecule has 1 atom stereocenters. The Morgan fingerprint density at radius 2 is 1.76 bits per heavy atom. The summed E-state index contributed by atoms with van der Waals surface area (Å²) in [7, 11) is 0. The van der Waals surface area contributed by atoms with Crippen molar-refractivity contribution >= 4 is 5.78 Å². The molecule has 0 saturated carbocycles. The maximum atomic E-state index is 12.7. The Labute approximate surface area is 199 Å². The molecule has 0 aliphatic carbocycles. The van der Waals surface area contributed by atoms with E-state index in [0.29, 0.717) is 42.6 Å². The number of hydrogen-bond acceptors (Lipinski definition) is 7. The number of aryl methyl sites for hydroxylation is 1. The molecule has 184 valence electrons. The molecule has 3 N–H and O–H groups in total. The quantitative estimate of drug-likeness (QED) is 0.374. The van der Waals surface area contributed by atoms with E-state index in [0.717, 1.165) is 6.42 Å². The minimum absolute atomic E-state index is 0.0344. The molecule has 0 fully saturated rings. The maximum absolute atomic E-state index is 12.7. The molecule has 0 saturated heterocycles.